The zero-order valence-corrected chi connectivity index (χ0v) is 12.7. The molecular formula is C15H17N3O2S. The highest BCUT2D eigenvalue weighted by molar-refractivity contribution is 7.80. The van der Waals surface area contributed by atoms with E-state index in [1.807, 2.05) is 18.2 Å². The number of nitriles is 1. The average Bonchev–Trinajstić information content (AvgIpc) is 3.02. The van der Waals surface area contributed by atoms with Gasteiger partial charge >= 0.3 is 0 Å². The van der Waals surface area contributed by atoms with E-state index < -0.39 is 5.92 Å². The Kier molecular flexibility index (Phi) is 5.12. The minimum Gasteiger partial charge on any atom is -0.495 e. The van der Waals surface area contributed by atoms with Crippen LogP contribution in [-0.4, -0.2) is 36.0 Å². The second-order valence-corrected chi connectivity index (χ2v) is 5.22. The molecule has 5 nitrogen and oxygen atoms in total. The molecular weight excluding hydrogens is 286 g/mol. The van der Waals surface area contributed by atoms with Crippen LogP contribution >= 0.6 is 12.2 Å². The van der Waals surface area contributed by atoms with E-state index in [4.69, 9.17) is 17.0 Å². The number of rotatable bonds is 4. The number of ether oxygens (including phenoxy) is 1. The van der Waals surface area contributed by atoms with Crippen molar-refractivity contribution in [2.75, 3.05) is 25.5 Å². The van der Waals surface area contributed by atoms with Crippen LogP contribution in [0.4, 0.5) is 5.69 Å². The van der Waals surface area contributed by atoms with E-state index in [2.05, 4.69) is 5.32 Å². The molecule has 0 aromatic heterocycles. The summed E-state index contributed by atoms with van der Waals surface area (Å²) >= 11 is 5.24. The van der Waals surface area contributed by atoms with E-state index in [0.29, 0.717) is 24.5 Å². The smallest absolute Gasteiger partial charge is 0.246 e. The molecule has 0 aliphatic carbocycles. The van der Waals surface area contributed by atoms with Gasteiger partial charge in [0.1, 0.15) is 10.7 Å². The lowest BCUT2D eigenvalue weighted by Crippen LogP contribution is -2.38. The molecule has 1 fully saturated rings. The lowest BCUT2D eigenvalue weighted by atomic mass is 10.1. The summed E-state index contributed by atoms with van der Waals surface area (Å²) in [5.41, 5.74) is 0.652. The number of hydrogen-bond donors (Lipinski definition) is 1. The van der Waals surface area contributed by atoms with Crippen LogP contribution in [0.1, 0.15) is 12.8 Å². The van der Waals surface area contributed by atoms with Gasteiger partial charge in [-0.05, 0) is 25.0 Å². The Morgan fingerprint density at radius 3 is 2.71 bits per heavy atom. The molecule has 0 saturated carbocycles. The number of para-hydroxylation sites is 2. The molecule has 0 unspecified atom stereocenters. The molecule has 110 valence electrons. The van der Waals surface area contributed by atoms with Crippen LogP contribution in [0.5, 0.6) is 5.75 Å². The first-order chi connectivity index (χ1) is 10.2. The number of thiocarbonyl (C=S) groups is 1. The fourth-order valence-corrected chi connectivity index (χ4v) is 2.56. The average molecular weight is 303 g/mol. The van der Waals surface area contributed by atoms with Crippen LogP contribution in [0.25, 0.3) is 0 Å². The first-order valence-electron chi connectivity index (χ1n) is 6.79. The second-order valence-electron chi connectivity index (χ2n) is 4.78. The number of benzene rings is 1. The van der Waals surface area contributed by atoms with Crippen molar-refractivity contribution < 1.29 is 9.53 Å². The monoisotopic (exact) mass is 303 g/mol. The van der Waals surface area contributed by atoms with Gasteiger partial charge in [-0.15, -0.1) is 0 Å². The standard InChI is InChI=1S/C15H17N3O2S/c1-20-13-7-3-2-6-12(13)17-14(21)11(10-16)15(19)18-8-4-5-9-18/h2-3,6-7,11H,4-5,8-9H2,1H3,(H,17,21)/t11-/m1/s1. The Hall–Kier alpha value is -2.13. The molecule has 1 saturated heterocycles. The maximum Gasteiger partial charge on any atom is 0.246 e. The first kappa shape index (κ1) is 15.3. The number of hydrogen-bond acceptors (Lipinski definition) is 4. The van der Waals surface area contributed by atoms with Crippen molar-refractivity contribution in [2.24, 2.45) is 5.92 Å². The number of methoxy groups -OCH3 is 1. The zero-order chi connectivity index (χ0) is 15.2. The van der Waals surface area contributed by atoms with Crippen LogP contribution in [0, 0.1) is 17.2 Å². The van der Waals surface area contributed by atoms with Crippen LogP contribution in [0.2, 0.25) is 0 Å². The van der Waals surface area contributed by atoms with Gasteiger partial charge in [0.25, 0.3) is 0 Å². The molecule has 1 aliphatic rings. The van der Waals surface area contributed by atoms with Gasteiger partial charge in [-0.25, -0.2) is 0 Å². The third kappa shape index (κ3) is 3.50. The maximum absolute atomic E-state index is 12.3. The Bertz CT molecular complexity index is 577. The summed E-state index contributed by atoms with van der Waals surface area (Å²) in [5.74, 6) is -0.560. The van der Waals surface area contributed by atoms with Gasteiger partial charge in [0.2, 0.25) is 5.91 Å². The van der Waals surface area contributed by atoms with E-state index in [-0.39, 0.29) is 10.9 Å². The summed E-state index contributed by atoms with van der Waals surface area (Å²) in [7, 11) is 1.56. The number of carbonyl (C=O) groups is 1. The summed E-state index contributed by atoms with van der Waals surface area (Å²) in [4.78, 5) is 14.2. The summed E-state index contributed by atoms with van der Waals surface area (Å²) in [6, 6.07) is 9.25. The van der Waals surface area contributed by atoms with Crippen molar-refractivity contribution in [2.45, 2.75) is 12.8 Å². The Labute approximate surface area is 129 Å². The normalized spacial score (nSPS) is 15.1. The molecule has 1 amide bonds. The van der Waals surface area contributed by atoms with E-state index in [1.165, 1.54) is 0 Å². The number of anilines is 1. The zero-order valence-electron chi connectivity index (χ0n) is 11.8. The van der Waals surface area contributed by atoms with Crippen molar-refractivity contribution >= 4 is 28.8 Å². The Morgan fingerprint density at radius 1 is 1.43 bits per heavy atom. The van der Waals surface area contributed by atoms with Gasteiger partial charge in [-0.3, -0.25) is 4.79 Å². The van der Waals surface area contributed by atoms with Crippen LogP contribution < -0.4 is 10.1 Å². The van der Waals surface area contributed by atoms with Crippen LogP contribution in [0.3, 0.4) is 0 Å². The lowest BCUT2D eigenvalue weighted by molar-refractivity contribution is -0.130. The van der Waals surface area contributed by atoms with E-state index in [1.54, 1.807) is 24.1 Å². The molecule has 0 bridgehead atoms. The molecule has 0 spiro atoms. The first-order valence-corrected chi connectivity index (χ1v) is 7.20. The van der Waals surface area contributed by atoms with E-state index in [9.17, 15) is 10.1 Å². The Morgan fingerprint density at radius 2 is 2.10 bits per heavy atom. The fourth-order valence-electron chi connectivity index (χ4n) is 2.30. The summed E-state index contributed by atoms with van der Waals surface area (Å²) in [6.45, 7) is 1.41. The molecule has 1 N–H and O–H groups in total. The van der Waals surface area contributed by atoms with Crippen molar-refractivity contribution in [3.63, 3.8) is 0 Å². The molecule has 1 heterocycles. The Balaban J connectivity index is 2.10. The predicted molar refractivity (Wildman–Crippen MR) is 84.1 cm³/mol. The topological polar surface area (TPSA) is 65.4 Å². The quantitative estimate of drug-likeness (QED) is 0.864. The van der Waals surface area contributed by atoms with Gasteiger partial charge < -0.3 is 15.0 Å². The van der Waals surface area contributed by atoms with Gasteiger partial charge in [-0.2, -0.15) is 5.26 Å². The summed E-state index contributed by atoms with van der Waals surface area (Å²) in [5, 5.41) is 12.2. The van der Waals surface area contributed by atoms with Crippen LogP contribution in [-0.2, 0) is 4.79 Å². The van der Waals surface area contributed by atoms with Crippen molar-refractivity contribution in [1.82, 2.24) is 4.90 Å². The van der Waals surface area contributed by atoms with Crippen molar-refractivity contribution in [1.29, 1.82) is 5.26 Å². The van der Waals surface area contributed by atoms with Gasteiger partial charge in [0.15, 0.2) is 5.92 Å². The number of nitrogens with one attached hydrogen (secondary N) is 1. The van der Waals surface area contributed by atoms with Gasteiger partial charge in [0.05, 0.1) is 18.9 Å². The third-order valence-corrected chi connectivity index (χ3v) is 3.76. The van der Waals surface area contributed by atoms with Gasteiger partial charge in [0, 0.05) is 13.1 Å². The second kappa shape index (κ2) is 7.04. The summed E-state index contributed by atoms with van der Waals surface area (Å²) < 4.78 is 5.22. The third-order valence-electron chi connectivity index (χ3n) is 3.42. The molecule has 1 aliphatic heterocycles. The molecule has 21 heavy (non-hydrogen) atoms. The largest absolute Gasteiger partial charge is 0.495 e. The SMILES string of the molecule is COc1ccccc1NC(=S)[C@@H](C#N)C(=O)N1CCCC1. The number of amides is 1. The number of carbonyl (C=O) groups excluding carboxylic acids is 1. The molecule has 2 rings (SSSR count). The van der Waals surface area contributed by atoms with Crippen molar-refractivity contribution in [3.05, 3.63) is 24.3 Å². The maximum atomic E-state index is 12.3. The molecule has 1 aromatic carbocycles. The highest BCUT2D eigenvalue weighted by atomic mass is 32.1. The molecule has 0 radical (unpaired) electrons. The minimum absolute atomic E-state index is 0.207. The molecule has 1 atom stereocenters. The van der Waals surface area contributed by atoms with Crippen LogP contribution in [0.15, 0.2) is 24.3 Å². The fraction of sp³-hybridized carbons (Fsp3) is 0.400. The number of likely N-dealkylation sites (tertiary alicyclic amines) is 1. The van der Waals surface area contributed by atoms with E-state index in [0.717, 1.165) is 12.8 Å². The van der Waals surface area contributed by atoms with Gasteiger partial charge in [-0.1, -0.05) is 24.4 Å². The minimum atomic E-state index is -0.956. The lowest BCUT2D eigenvalue weighted by Gasteiger charge is -2.20. The highest BCUT2D eigenvalue weighted by Gasteiger charge is 2.29. The number of nitrogens with zero attached hydrogens (tertiary/aromatic N) is 2. The molecule has 6 heteroatoms. The summed E-state index contributed by atoms with van der Waals surface area (Å²) in [6.07, 6.45) is 1.97. The predicted octanol–water partition coefficient (Wildman–Crippen LogP) is 2.20. The molecule has 1 aromatic rings. The highest BCUT2D eigenvalue weighted by Crippen LogP contribution is 2.24. The van der Waals surface area contributed by atoms with E-state index >= 15 is 0 Å². The van der Waals surface area contributed by atoms with Crippen molar-refractivity contribution in [3.8, 4) is 11.8 Å².